The van der Waals surface area contributed by atoms with Crippen LogP contribution in [0.3, 0.4) is 0 Å². The molecule has 0 unspecified atom stereocenters. The Morgan fingerprint density at radius 2 is 1.88 bits per heavy atom. The van der Waals surface area contributed by atoms with Crippen molar-refractivity contribution in [3.63, 3.8) is 0 Å². The summed E-state index contributed by atoms with van der Waals surface area (Å²) in [5, 5.41) is 8.76. The minimum Gasteiger partial charge on any atom is -0.351 e. The van der Waals surface area contributed by atoms with E-state index < -0.39 is 0 Å². The molecule has 3 atom stereocenters. The molecule has 7 heteroatoms. The molecule has 0 aliphatic heterocycles. The molecule has 2 aromatic heterocycles. The van der Waals surface area contributed by atoms with Crippen molar-refractivity contribution in [2.24, 2.45) is 11.8 Å². The summed E-state index contributed by atoms with van der Waals surface area (Å²) in [5.74, 6) is 0.551. The zero-order valence-corrected chi connectivity index (χ0v) is 19.2. The summed E-state index contributed by atoms with van der Waals surface area (Å²) >= 11 is 0. The van der Waals surface area contributed by atoms with E-state index in [0.29, 0.717) is 23.8 Å². The molecule has 3 aromatic rings. The highest BCUT2D eigenvalue weighted by Crippen LogP contribution is 2.29. The number of hydrogen-bond acceptors (Lipinski definition) is 3. The highest BCUT2D eigenvalue weighted by atomic mass is 19.1. The molecule has 1 N–H and O–H groups in total. The molecule has 0 radical (unpaired) electrons. The van der Waals surface area contributed by atoms with Gasteiger partial charge in [-0.05, 0) is 49.8 Å². The Balaban J connectivity index is 1.58. The maximum absolute atomic E-state index is 13.2. The minimum atomic E-state index is -0.276. The molecule has 0 saturated heterocycles. The number of carbonyl (C=O) groups is 1. The Morgan fingerprint density at radius 1 is 1.16 bits per heavy atom. The van der Waals surface area contributed by atoms with E-state index in [1.807, 2.05) is 18.4 Å². The fraction of sp³-hybridized carbons (Fsp3) is 0.480. The third-order valence-electron chi connectivity index (χ3n) is 7.21. The first kappa shape index (κ1) is 22.2. The Kier molecular flexibility index (Phi) is 6.17. The van der Waals surface area contributed by atoms with Crippen LogP contribution in [0.15, 0.2) is 35.3 Å². The van der Waals surface area contributed by atoms with Crippen LogP contribution in [0.5, 0.6) is 0 Å². The second-order valence-corrected chi connectivity index (χ2v) is 9.22. The van der Waals surface area contributed by atoms with E-state index in [-0.39, 0.29) is 29.9 Å². The molecule has 170 valence electrons. The smallest absolute Gasteiger partial charge is 0.276 e. The van der Waals surface area contributed by atoms with Gasteiger partial charge in [-0.1, -0.05) is 38.8 Å². The predicted octanol–water partition coefficient (Wildman–Crippen LogP) is 3.94. The van der Waals surface area contributed by atoms with Crippen LogP contribution in [0.4, 0.5) is 4.39 Å². The molecule has 1 aliphatic carbocycles. The summed E-state index contributed by atoms with van der Waals surface area (Å²) in [5.41, 5.74) is 2.42. The fourth-order valence-electron chi connectivity index (χ4n) is 4.94. The molecule has 1 aliphatic rings. The molecule has 1 fully saturated rings. The van der Waals surface area contributed by atoms with Crippen molar-refractivity contribution >= 4 is 16.7 Å². The lowest BCUT2D eigenvalue weighted by Gasteiger charge is -2.34. The SMILES string of the molecule is Cc1c2cnn(CC(=O)N[C@@H]3CCC[C@@H](C)[C@H]3C)c(=O)c2c(C)n1Cc1ccc(F)cc1. The van der Waals surface area contributed by atoms with Gasteiger partial charge in [-0.3, -0.25) is 9.59 Å². The van der Waals surface area contributed by atoms with E-state index in [4.69, 9.17) is 0 Å². The van der Waals surface area contributed by atoms with Gasteiger partial charge in [0.25, 0.3) is 5.56 Å². The predicted molar refractivity (Wildman–Crippen MR) is 123 cm³/mol. The van der Waals surface area contributed by atoms with Crippen LogP contribution in [-0.2, 0) is 17.9 Å². The number of nitrogens with zero attached hydrogens (tertiary/aromatic N) is 3. The Bertz CT molecular complexity index is 1200. The number of amides is 1. The van der Waals surface area contributed by atoms with Gasteiger partial charge in [-0.2, -0.15) is 5.10 Å². The molecule has 1 saturated carbocycles. The molecule has 6 nitrogen and oxygen atoms in total. The van der Waals surface area contributed by atoms with Crippen molar-refractivity contribution in [1.82, 2.24) is 19.7 Å². The second kappa shape index (κ2) is 8.88. The second-order valence-electron chi connectivity index (χ2n) is 9.22. The van der Waals surface area contributed by atoms with Gasteiger partial charge in [0, 0.05) is 29.4 Å². The lowest BCUT2D eigenvalue weighted by Crippen LogP contribution is -2.45. The topological polar surface area (TPSA) is 68.9 Å². The summed E-state index contributed by atoms with van der Waals surface area (Å²) in [6.45, 7) is 8.70. The minimum absolute atomic E-state index is 0.0893. The highest BCUT2D eigenvalue weighted by molar-refractivity contribution is 5.87. The molecule has 0 bridgehead atoms. The van der Waals surface area contributed by atoms with E-state index in [1.54, 1.807) is 18.3 Å². The first-order valence-corrected chi connectivity index (χ1v) is 11.4. The van der Waals surface area contributed by atoms with Crippen molar-refractivity contribution < 1.29 is 9.18 Å². The quantitative estimate of drug-likeness (QED) is 0.656. The van der Waals surface area contributed by atoms with Crippen LogP contribution in [0, 0.1) is 31.5 Å². The average molecular weight is 439 g/mol. The summed E-state index contributed by atoms with van der Waals surface area (Å²) in [4.78, 5) is 25.9. The van der Waals surface area contributed by atoms with Crippen LogP contribution in [-0.4, -0.2) is 26.3 Å². The van der Waals surface area contributed by atoms with Gasteiger partial charge >= 0.3 is 0 Å². The number of benzene rings is 1. The van der Waals surface area contributed by atoms with Gasteiger partial charge in [-0.25, -0.2) is 9.07 Å². The van der Waals surface area contributed by atoms with E-state index in [9.17, 15) is 14.0 Å². The Labute approximate surface area is 187 Å². The van der Waals surface area contributed by atoms with E-state index in [1.165, 1.54) is 23.2 Å². The zero-order chi connectivity index (χ0) is 23.0. The van der Waals surface area contributed by atoms with Crippen molar-refractivity contribution in [1.29, 1.82) is 0 Å². The number of halogens is 1. The molecular formula is C25H31FN4O2. The number of aryl methyl sites for hydroxylation is 2. The van der Waals surface area contributed by atoms with Crippen molar-refractivity contribution in [3.8, 4) is 0 Å². The van der Waals surface area contributed by atoms with Crippen molar-refractivity contribution in [2.75, 3.05) is 0 Å². The number of hydrogen-bond donors (Lipinski definition) is 1. The van der Waals surface area contributed by atoms with Crippen molar-refractivity contribution in [2.45, 2.75) is 66.1 Å². The number of fused-ring (bicyclic) bond motifs is 1. The number of aromatic nitrogens is 3. The largest absolute Gasteiger partial charge is 0.351 e. The van der Waals surface area contributed by atoms with Gasteiger partial charge < -0.3 is 9.88 Å². The van der Waals surface area contributed by atoms with Crippen LogP contribution in [0.25, 0.3) is 10.8 Å². The van der Waals surface area contributed by atoms with Crippen LogP contribution < -0.4 is 10.9 Å². The van der Waals surface area contributed by atoms with E-state index >= 15 is 0 Å². The van der Waals surface area contributed by atoms with Crippen LogP contribution in [0.1, 0.15) is 50.1 Å². The maximum atomic E-state index is 13.2. The van der Waals surface area contributed by atoms with E-state index in [0.717, 1.165) is 35.2 Å². The Hall–Kier alpha value is -2.96. The summed E-state index contributed by atoms with van der Waals surface area (Å²) < 4.78 is 16.5. The fourth-order valence-corrected chi connectivity index (χ4v) is 4.94. The molecule has 0 spiro atoms. The standard InChI is InChI=1S/C25H31FN4O2/c1-15-6-5-7-22(16(15)2)28-23(31)14-30-25(32)24-18(4)29(17(3)21(24)12-27-30)13-19-8-10-20(26)11-9-19/h8-12,15-16,22H,5-7,13-14H2,1-4H3,(H,28,31)/t15-,16-,22-/m1/s1. The highest BCUT2D eigenvalue weighted by Gasteiger charge is 2.28. The maximum Gasteiger partial charge on any atom is 0.276 e. The zero-order valence-electron chi connectivity index (χ0n) is 19.2. The van der Waals surface area contributed by atoms with Gasteiger partial charge in [0.2, 0.25) is 5.91 Å². The number of carbonyl (C=O) groups excluding carboxylic acids is 1. The van der Waals surface area contributed by atoms with Crippen LogP contribution in [0.2, 0.25) is 0 Å². The molecular weight excluding hydrogens is 407 g/mol. The first-order valence-electron chi connectivity index (χ1n) is 11.4. The number of nitrogens with one attached hydrogen (secondary N) is 1. The molecule has 2 heterocycles. The lowest BCUT2D eigenvalue weighted by atomic mass is 9.78. The summed E-state index contributed by atoms with van der Waals surface area (Å²) in [7, 11) is 0. The average Bonchev–Trinajstić information content (AvgIpc) is 3.00. The first-order chi connectivity index (χ1) is 15.3. The molecule has 4 rings (SSSR count). The summed E-state index contributed by atoms with van der Waals surface area (Å²) in [6.07, 6.45) is 4.95. The normalized spacial score (nSPS) is 21.1. The van der Waals surface area contributed by atoms with Gasteiger partial charge in [0.1, 0.15) is 12.4 Å². The lowest BCUT2D eigenvalue weighted by molar-refractivity contribution is -0.123. The Morgan fingerprint density at radius 3 is 2.59 bits per heavy atom. The molecule has 1 amide bonds. The van der Waals surface area contributed by atoms with Crippen LogP contribution >= 0.6 is 0 Å². The molecule has 1 aromatic carbocycles. The summed E-state index contributed by atoms with van der Waals surface area (Å²) in [6, 6.07) is 6.50. The molecule has 32 heavy (non-hydrogen) atoms. The monoisotopic (exact) mass is 438 g/mol. The van der Waals surface area contributed by atoms with Crippen molar-refractivity contribution in [3.05, 3.63) is 63.6 Å². The van der Waals surface area contributed by atoms with E-state index in [2.05, 4.69) is 24.3 Å². The number of rotatable bonds is 5. The third kappa shape index (κ3) is 4.20. The van der Waals surface area contributed by atoms with Gasteiger partial charge in [-0.15, -0.1) is 0 Å². The third-order valence-corrected chi connectivity index (χ3v) is 7.21. The van der Waals surface area contributed by atoms with Gasteiger partial charge in [0.05, 0.1) is 11.6 Å². The van der Waals surface area contributed by atoms with Gasteiger partial charge in [0.15, 0.2) is 0 Å².